The molecule has 0 atom stereocenters. The van der Waals surface area contributed by atoms with Crippen LogP contribution in [0.5, 0.6) is 0 Å². The molecule has 0 aliphatic heterocycles. The fourth-order valence-corrected chi connectivity index (χ4v) is 2.58. The van der Waals surface area contributed by atoms with Crippen LogP contribution in [-0.2, 0) is 0 Å². The molecule has 6 heteroatoms. The maximum absolute atomic E-state index is 5.66. The Morgan fingerprint density at radius 1 is 1.16 bits per heavy atom. The number of nitrogens with zero attached hydrogens (tertiary/aromatic N) is 3. The van der Waals surface area contributed by atoms with E-state index in [4.69, 9.17) is 5.73 Å². The van der Waals surface area contributed by atoms with Crippen molar-refractivity contribution in [3.63, 3.8) is 0 Å². The van der Waals surface area contributed by atoms with Gasteiger partial charge in [-0.15, -0.1) is 11.3 Å². The summed E-state index contributed by atoms with van der Waals surface area (Å²) >= 11 is 1.47. The summed E-state index contributed by atoms with van der Waals surface area (Å²) in [6.45, 7) is 4.18. The molecule has 0 amide bonds. The number of aromatic nitrogens is 3. The monoisotopic (exact) mass is 272 g/mol. The average Bonchev–Trinajstić information content (AvgIpc) is 3.01. The first-order chi connectivity index (χ1) is 9.15. The molecule has 2 heterocycles. The molecule has 5 nitrogen and oxygen atoms in total. The number of benzene rings is 1. The largest absolute Gasteiger partial charge is 0.379 e. The number of aryl methyl sites for hydroxylation is 2. The zero-order valence-corrected chi connectivity index (χ0v) is 11.4. The van der Waals surface area contributed by atoms with E-state index in [2.05, 4.69) is 52.0 Å². The molecule has 0 saturated heterocycles. The minimum Gasteiger partial charge on any atom is -0.379 e. The number of hydrogen-bond donors (Lipinski definition) is 1. The van der Waals surface area contributed by atoms with Gasteiger partial charge in [0.1, 0.15) is 5.01 Å². The van der Waals surface area contributed by atoms with Crippen LogP contribution in [-0.4, -0.2) is 15.3 Å². The van der Waals surface area contributed by atoms with Gasteiger partial charge in [-0.3, -0.25) is 0 Å². The highest BCUT2D eigenvalue weighted by Gasteiger charge is 2.14. The maximum Gasteiger partial charge on any atom is 0.198 e. The second kappa shape index (κ2) is 4.47. The summed E-state index contributed by atoms with van der Waals surface area (Å²) in [4.78, 5) is 4.53. The van der Waals surface area contributed by atoms with Crippen molar-refractivity contribution < 1.29 is 4.63 Å². The van der Waals surface area contributed by atoms with E-state index >= 15 is 0 Å². The number of thiazole rings is 1. The first-order valence-corrected chi connectivity index (χ1v) is 6.64. The lowest BCUT2D eigenvalue weighted by Crippen LogP contribution is -1.88. The van der Waals surface area contributed by atoms with Gasteiger partial charge in [0.15, 0.2) is 11.5 Å². The third-order valence-corrected chi connectivity index (χ3v) is 3.87. The Kier molecular flexibility index (Phi) is 2.79. The predicted octanol–water partition coefficient (Wildman–Crippen LogP) is 3.06. The zero-order chi connectivity index (χ0) is 13.4. The second-order valence-electron chi connectivity index (χ2n) is 4.34. The molecule has 3 aromatic rings. The van der Waals surface area contributed by atoms with E-state index in [1.165, 1.54) is 22.5 Å². The summed E-state index contributed by atoms with van der Waals surface area (Å²) in [5, 5.41) is 10.0. The minimum absolute atomic E-state index is 0.265. The number of anilines is 1. The van der Waals surface area contributed by atoms with Crippen LogP contribution in [0.4, 0.5) is 5.82 Å². The van der Waals surface area contributed by atoms with E-state index in [0.29, 0.717) is 10.7 Å². The first kappa shape index (κ1) is 11.9. The van der Waals surface area contributed by atoms with Crippen molar-refractivity contribution in [2.24, 2.45) is 0 Å². The van der Waals surface area contributed by atoms with E-state index < -0.39 is 0 Å². The van der Waals surface area contributed by atoms with Gasteiger partial charge in [-0.2, -0.15) is 0 Å². The molecule has 0 aliphatic rings. The lowest BCUT2D eigenvalue weighted by Gasteiger charge is -2.02. The molecule has 19 heavy (non-hydrogen) atoms. The van der Waals surface area contributed by atoms with Crippen LogP contribution < -0.4 is 5.73 Å². The third kappa shape index (κ3) is 2.10. The third-order valence-electron chi connectivity index (χ3n) is 3.02. The van der Waals surface area contributed by atoms with Gasteiger partial charge in [-0.1, -0.05) is 12.1 Å². The number of rotatable bonds is 2. The van der Waals surface area contributed by atoms with Crippen molar-refractivity contribution in [2.75, 3.05) is 5.73 Å². The lowest BCUT2D eigenvalue weighted by molar-refractivity contribution is 0.310. The van der Waals surface area contributed by atoms with Crippen molar-refractivity contribution in [2.45, 2.75) is 13.8 Å². The molecule has 0 saturated carbocycles. The van der Waals surface area contributed by atoms with Crippen LogP contribution in [0.15, 0.2) is 28.2 Å². The van der Waals surface area contributed by atoms with E-state index in [1.54, 1.807) is 0 Å². The van der Waals surface area contributed by atoms with E-state index in [0.717, 1.165) is 11.3 Å². The molecular formula is C13H12N4OS. The molecule has 0 bridgehead atoms. The summed E-state index contributed by atoms with van der Waals surface area (Å²) in [5.41, 5.74) is 10.7. The molecule has 1 aromatic carbocycles. The van der Waals surface area contributed by atoms with Crippen LogP contribution in [0.3, 0.4) is 0 Å². The molecule has 0 spiro atoms. The standard InChI is InChI=1S/C13H12N4OS/c1-7-3-4-9(5-8(7)2)10-6-19-13(15-10)11-12(14)17-18-16-11/h3-6H,1-2H3,(H2,14,17). The highest BCUT2D eigenvalue weighted by Crippen LogP contribution is 2.30. The van der Waals surface area contributed by atoms with Gasteiger partial charge in [0.2, 0.25) is 0 Å². The fraction of sp³-hybridized carbons (Fsp3) is 0.154. The molecule has 0 fully saturated rings. The van der Waals surface area contributed by atoms with Gasteiger partial charge in [-0.25, -0.2) is 9.61 Å². The van der Waals surface area contributed by atoms with Crippen molar-refractivity contribution in [3.8, 4) is 22.0 Å². The highest BCUT2D eigenvalue weighted by atomic mass is 32.1. The van der Waals surface area contributed by atoms with Crippen LogP contribution in [0, 0.1) is 13.8 Å². The molecule has 3 rings (SSSR count). The van der Waals surface area contributed by atoms with Crippen LogP contribution in [0.25, 0.3) is 22.0 Å². The van der Waals surface area contributed by atoms with Crippen molar-refractivity contribution in [1.82, 2.24) is 15.3 Å². The molecule has 0 aliphatic carbocycles. The summed E-state index contributed by atoms with van der Waals surface area (Å²) in [7, 11) is 0. The van der Waals surface area contributed by atoms with E-state index in [9.17, 15) is 0 Å². The van der Waals surface area contributed by atoms with E-state index in [1.807, 2.05) is 5.38 Å². The Bertz CT molecular complexity index is 732. The molecule has 96 valence electrons. The van der Waals surface area contributed by atoms with Gasteiger partial charge in [0, 0.05) is 10.9 Å². The Morgan fingerprint density at radius 2 is 2.00 bits per heavy atom. The Hall–Kier alpha value is -2.21. The van der Waals surface area contributed by atoms with Gasteiger partial charge in [-0.05, 0) is 41.4 Å². The van der Waals surface area contributed by atoms with Crippen molar-refractivity contribution in [3.05, 3.63) is 34.7 Å². The van der Waals surface area contributed by atoms with Crippen molar-refractivity contribution in [1.29, 1.82) is 0 Å². The molecule has 0 unspecified atom stereocenters. The smallest absolute Gasteiger partial charge is 0.198 e. The van der Waals surface area contributed by atoms with Crippen LogP contribution in [0.2, 0.25) is 0 Å². The summed E-state index contributed by atoms with van der Waals surface area (Å²) in [6.07, 6.45) is 0. The fourth-order valence-electron chi connectivity index (χ4n) is 1.76. The average molecular weight is 272 g/mol. The molecule has 0 radical (unpaired) electrons. The Labute approximate surface area is 114 Å². The SMILES string of the molecule is Cc1ccc(-c2csc(-c3nonc3N)n2)cc1C. The molecule has 2 aromatic heterocycles. The summed E-state index contributed by atoms with van der Waals surface area (Å²) in [6, 6.07) is 6.28. The lowest BCUT2D eigenvalue weighted by atomic mass is 10.1. The quantitative estimate of drug-likeness (QED) is 0.775. The normalized spacial score (nSPS) is 10.8. The first-order valence-electron chi connectivity index (χ1n) is 5.76. The predicted molar refractivity (Wildman–Crippen MR) is 74.7 cm³/mol. The zero-order valence-electron chi connectivity index (χ0n) is 10.5. The number of nitrogens with two attached hydrogens (primary N) is 1. The molecular weight excluding hydrogens is 260 g/mol. The van der Waals surface area contributed by atoms with Crippen molar-refractivity contribution >= 4 is 17.2 Å². The summed E-state index contributed by atoms with van der Waals surface area (Å²) < 4.78 is 4.59. The van der Waals surface area contributed by atoms with E-state index in [-0.39, 0.29) is 5.82 Å². The molecule has 2 N–H and O–H groups in total. The minimum atomic E-state index is 0.265. The van der Waals surface area contributed by atoms with Crippen LogP contribution in [0.1, 0.15) is 11.1 Å². The highest BCUT2D eigenvalue weighted by molar-refractivity contribution is 7.13. The van der Waals surface area contributed by atoms with Crippen LogP contribution >= 0.6 is 11.3 Å². The second-order valence-corrected chi connectivity index (χ2v) is 5.19. The van der Waals surface area contributed by atoms with Gasteiger partial charge >= 0.3 is 0 Å². The van der Waals surface area contributed by atoms with Gasteiger partial charge in [0.25, 0.3) is 0 Å². The Morgan fingerprint density at radius 3 is 2.68 bits per heavy atom. The van der Waals surface area contributed by atoms with Gasteiger partial charge in [0.05, 0.1) is 5.69 Å². The number of nitrogen functional groups attached to an aromatic ring is 1. The topological polar surface area (TPSA) is 77.8 Å². The Balaban J connectivity index is 2.01. The summed E-state index contributed by atoms with van der Waals surface area (Å²) in [5.74, 6) is 0.265. The maximum atomic E-state index is 5.66. The van der Waals surface area contributed by atoms with Gasteiger partial charge < -0.3 is 5.73 Å². The number of hydrogen-bond acceptors (Lipinski definition) is 6.